The molecule has 2 saturated heterocycles. The van der Waals surface area contributed by atoms with E-state index in [1.54, 1.807) is 6.20 Å². The third-order valence-electron chi connectivity index (χ3n) is 6.26. The number of likely N-dealkylation sites (tertiary alicyclic amines) is 1. The lowest BCUT2D eigenvalue weighted by molar-refractivity contribution is 0.324. The van der Waals surface area contributed by atoms with Crippen molar-refractivity contribution >= 4 is 22.7 Å². The molecule has 3 aromatic rings. The number of nitriles is 1. The van der Waals surface area contributed by atoms with E-state index in [1.165, 1.54) is 31.3 Å². The second kappa shape index (κ2) is 8.33. The summed E-state index contributed by atoms with van der Waals surface area (Å²) >= 11 is 0. The van der Waals surface area contributed by atoms with Crippen LogP contribution >= 0.6 is 0 Å². The van der Waals surface area contributed by atoms with Crippen LogP contribution in [0.25, 0.3) is 11.0 Å². The van der Waals surface area contributed by atoms with Crippen LogP contribution in [0.5, 0.6) is 0 Å². The minimum absolute atomic E-state index is 0.640. The van der Waals surface area contributed by atoms with Crippen molar-refractivity contribution in [2.24, 2.45) is 0 Å². The molecule has 5 heterocycles. The van der Waals surface area contributed by atoms with Gasteiger partial charge in [0, 0.05) is 57.0 Å². The number of nitrogens with zero attached hydrogens (tertiary/aromatic N) is 7. The molecule has 7 nitrogen and oxygen atoms in total. The third kappa shape index (κ3) is 3.71. The summed E-state index contributed by atoms with van der Waals surface area (Å²) < 4.78 is 2.29. The number of aromatic nitrogens is 3. The molecule has 0 saturated carbocycles. The Bertz CT molecular complexity index is 1050. The van der Waals surface area contributed by atoms with Gasteiger partial charge in [0.2, 0.25) is 0 Å². The van der Waals surface area contributed by atoms with Gasteiger partial charge in [0.1, 0.15) is 23.4 Å². The van der Waals surface area contributed by atoms with Crippen LogP contribution in [-0.2, 0) is 6.54 Å². The van der Waals surface area contributed by atoms with Crippen LogP contribution in [0.2, 0.25) is 0 Å². The lowest BCUT2D eigenvalue weighted by Crippen LogP contribution is -2.47. The van der Waals surface area contributed by atoms with E-state index in [2.05, 4.69) is 54.7 Å². The van der Waals surface area contributed by atoms with Crippen molar-refractivity contribution in [1.29, 1.82) is 5.26 Å². The number of piperazine rings is 1. The first-order chi connectivity index (χ1) is 14.8. The van der Waals surface area contributed by atoms with E-state index in [4.69, 9.17) is 4.98 Å². The molecular weight excluding hydrogens is 374 g/mol. The molecular formula is C23H27N7. The van der Waals surface area contributed by atoms with Crippen LogP contribution in [-0.4, -0.2) is 65.2 Å². The van der Waals surface area contributed by atoms with E-state index < -0.39 is 0 Å². The van der Waals surface area contributed by atoms with Crippen molar-refractivity contribution in [2.75, 3.05) is 55.6 Å². The first-order valence-corrected chi connectivity index (χ1v) is 10.8. The van der Waals surface area contributed by atoms with Gasteiger partial charge in [0.05, 0.1) is 5.56 Å². The van der Waals surface area contributed by atoms with Gasteiger partial charge in [-0.2, -0.15) is 5.26 Å². The SMILES string of the molecule is N#Cc1cccnc1N1CCN(c2ccc3ccn(CCN4CCCC4)c3n2)CC1. The third-order valence-corrected chi connectivity index (χ3v) is 6.26. The molecule has 5 rings (SSSR count). The summed E-state index contributed by atoms with van der Waals surface area (Å²) in [6.45, 7) is 7.95. The Hall–Kier alpha value is -3.11. The van der Waals surface area contributed by atoms with E-state index in [0.717, 1.165) is 56.6 Å². The highest BCUT2D eigenvalue weighted by atomic mass is 15.3. The lowest BCUT2D eigenvalue weighted by Gasteiger charge is -2.36. The summed E-state index contributed by atoms with van der Waals surface area (Å²) in [5.41, 5.74) is 1.71. The van der Waals surface area contributed by atoms with Crippen molar-refractivity contribution in [2.45, 2.75) is 19.4 Å². The lowest BCUT2D eigenvalue weighted by atomic mass is 10.2. The maximum atomic E-state index is 9.36. The first-order valence-electron chi connectivity index (χ1n) is 10.8. The molecule has 0 atom stereocenters. The molecule has 0 aliphatic carbocycles. The van der Waals surface area contributed by atoms with Crippen molar-refractivity contribution in [3.63, 3.8) is 0 Å². The fourth-order valence-corrected chi connectivity index (χ4v) is 4.55. The molecule has 0 radical (unpaired) electrons. The smallest absolute Gasteiger partial charge is 0.146 e. The number of hydrogen-bond donors (Lipinski definition) is 0. The topological polar surface area (TPSA) is 64.2 Å². The van der Waals surface area contributed by atoms with Crippen LogP contribution in [0.15, 0.2) is 42.7 Å². The molecule has 30 heavy (non-hydrogen) atoms. The van der Waals surface area contributed by atoms with Gasteiger partial charge in [-0.25, -0.2) is 9.97 Å². The molecule has 2 fully saturated rings. The summed E-state index contributed by atoms with van der Waals surface area (Å²) in [6, 6.07) is 12.4. The summed E-state index contributed by atoms with van der Waals surface area (Å²) in [5, 5.41) is 10.6. The highest BCUT2D eigenvalue weighted by Gasteiger charge is 2.21. The zero-order valence-electron chi connectivity index (χ0n) is 17.2. The van der Waals surface area contributed by atoms with Crippen LogP contribution in [0.4, 0.5) is 11.6 Å². The van der Waals surface area contributed by atoms with Crippen molar-refractivity contribution in [3.05, 3.63) is 48.3 Å². The Kier molecular flexibility index (Phi) is 5.24. The number of fused-ring (bicyclic) bond motifs is 1. The van der Waals surface area contributed by atoms with Crippen LogP contribution < -0.4 is 9.80 Å². The van der Waals surface area contributed by atoms with Crippen LogP contribution in [0.3, 0.4) is 0 Å². The molecule has 154 valence electrons. The number of pyridine rings is 2. The summed E-state index contributed by atoms with van der Waals surface area (Å²) in [5.74, 6) is 1.82. The minimum atomic E-state index is 0.640. The van der Waals surface area contributed by atoms with Gasteiger partial charge in [0.25, 0.3) is 0 Å². The van der Waals surface area contributed by atoms with E-state index in [9.17, 15) is 5.26 Å². The maximum Gasteiger partial charge on any atom is 0.146 e. The van der Waals surface area contributed by atoms with Gasteiger partial charge in [-0.05, 0) is 56.3 Å². The Morgan fingerprint density at radius 1 is 0.900 bits per heavy atom. The highest BCUT2D eigenvalue weighted by molar-refractivity contribution is 5.78. The molecule has 2 aliphatic heterocycles. The molecule has 7 heteroatoms. The number of rotatable bonds is 5. The Morgan fingerprint density at radius 3 is 2.50 bits per heavy atom. The second-order valence-electron chi connectivity index (χ2n) is 8.10. The number of hydrogen-bond acceptors (Lipinski definition) is 6. The average Bonchev–Trinajstić information content (AvgIpc) is 3.47. The average molecular weight is 402 g/mol. The Balaban J connectivity index is 1.28. The van der Waals surface area contributed by atoms with Crippen molar-refractivity contribution in [3.8, 4) is 6.07 Å². The normalized spacial score (nSPS) is 17.6. The molecule has 0 bridgehead atoms. The molecule has 0 N–H and O–H groups in total. The Morgan fingerprint density at radius 2 is 1.70 bits per heavy atom. The molecule has 0 spiro atoms. The van der Waals surface area contributed by atoms with E-state index in [-0.39, 0.29) is 0 Å². The highest BCUT2D eigenvalue weighted by Crippen LogP contribution is 2.23. The predicted molar refractivity (Wildman–Crippen MR) is 119 cm³/mol. The van der Waals surface area contributed by atoms with Gasteiger partial charge in [-0.15, -0.1) is 0 Å². The van der Waals surface area contributed by atoms with Crippen LogP contribution in [0.1, 0.15) is 18.4 Å². The quantitative estimate of drug-likeness (QED) is 0.655. The molecule has 0 unspecified atom stereocenters. The molecule has 2 aliphatic rings. The largest absolute Gasteiger partial charge is 0.353 e. The van der Waals surface area contributed by atoms with Gasteiger partial charge in [-0.1, -0.05) is 0 Å². The van der Waals surface area contributed by atoms with Gasteiger partial charge < -0.3 is 19.3 Å². The van der Waals surface area contributed by atoms with Crippen LogP contribution in [0, 0.1) is 11.3 Å². The summed E-state index contributed by atoms with van der Waals surface area (Å²) in [7, 11) is 0. The van der Waals surface area contributed by atoms with Gasteiger partial charge >= 0.3 is 0 Å². The summed E-state index contributed by atoms with van der Waals surface area (Å²) in [4.78, 5) is 16.5. The Labute approximate surface area is 177 Å². The minimum Gasteiger partial charge on any atom is -0.353 e. The fourth-order valence-electron chi connectivity index (χ4n) is 4.55. The van der Waals surface area contributed by atoms with Gasteiger partial charge in [0.15, 0.2) is 0 Å². The first kappa shape index (κ1) is 18.9. The zero-order chi connectivity index (χ0) is 20.3. The second-order valence-corrected chi connectivity index (χ2v) is 8.10. The predicted octanol–water partition coefficient (Wildman–Crippen LogP) is 2.73. The van der Waals surface area contributed by atoms with Crippen molar-refractivity contribution in [1.82, 2.24) is 19.4 Å². The van der Waals surface area contributed by atoms with E-state index >= 15 is 0 Å². The molecule has 0 aromatic carbocycles. The number of anilines is 2. The van der Waals surface area contributed by atoms with Crippen molar-refractivity contribution < 1.29 is 0 Å². The van der Waals surface area contributed by atoms with E-state index in [0.29, 0.717) is 5.56 Å². The summed E-state index contributed by atoms with van der Waals surface area (Å²) in [6.07, 6.45) is 6.58. The van der Waals surface area contributed by atoms with E-state index in [1.807, 2.05) is 12.1 Å². The monoisotopic (exact) mass is 401 g/mol. The zero-order valence-corrected chi connectivity index (χ0v) is 17.2. The standard InChI is InChI=1S/C23H27N7/c24-18-20-4-3-8-25-22(20)30-16-14-28(15-17-30)21-6-5-19-7-11-29(23(19)26-21)13-12-27-9-1-2-10-27/h3-8,11H,1-2,9-10,12-17H2. The fraction of sp³-hybridized carbons (Fsp3) is 0.435. The molecule has 3 aromatic heterocycles. The maximum absolute atomic E-state index is 9.36. The van der Waals surface area contributed by atoms with Gasteiger partial charge in [-0.3, -0.25) is 0 Å². The molecule has 0 amide bonds.